The number of alkyl halides is 1. The van der Waals surface area contributed by atoms with E-state index in [-0.39, 0.29) is 5.92 Å². The van der Waals surface area contributed by atoms with Crippen LogP contribution in [0.4, 0.5) is 0 Å². The molecular formula is C15H21ClOS. The van der Waals surface area contributed by atoms with Crippen molar-refractivity contribution in [3.8, 4) is 0 Å². The van der Waals surface area contributed by atoms with Gasteiger partial charge in [0.25, 0.3) is 0 Å². The van der Waals surface area contributed by atoms with Crippen molar-refractivity contribution >= 4 is 23.4 Å². The third-order valence-corrected chi connectivity index (χ3v) is 4.10. The third kappa shape index (κ3) is 5.94. The van der Waals surface area contributed by atoms with Crippen molar-refractivity contribution in [1.29, 1.82) is 0 Å². The van der Waals surface area contributed by atoms with E-state index in [1.807, 2.05) is 30.3 Å². The topological polar surface area (TPSA) is 20.2 Å². The van der Waals surface area contributed by atoms with Crippen molar-refractivity contribution in [2.45, 2.75) is 30.2 Å². The first-order valence-electron chi connectivity index (χ1n) is 6.69. The third-order valence-electron chi connectivity index (χ3n) is 2.70. The lowest BCUT2D eigenvalue weighted by atomic mass is 10.00. The van der Waals surface area contributed by atoms with Crippen molar-refractivity contribution in [3.63, 3.8) is 0 Å². The van der Waals surface area contributed by atoms with E-state index in [4.69, 9.17) is 13.0 Å². The Kier molecular flexibility index (Phi) is 7.37. The van der Waals surface area contributed by atoms with E-state index < -0.39 is 6.08 Å². The van der Waals surface area contributed by atoms with E-state index in [2.05, 4.69) is 6.58 Å². The number of rotatable bonds is 9. The summed E-state index contributed by atoms with van der Waals surface area (Å²) in [4.78, 5) is 1.14. The van der Waals surface area contributed by atoms with Gasteiger partial charge in [-0.2, -0.15) is 0 Å². The number of hydrogen-bond acceptors (Lipinski definition) is 2. The fourth-order valence-corrected chi connectivity index (χ4v) is 2.83. The molecular weight excluding hydrogens is 264 g/mol. The second-order valence-corrected chi connectivity index (χ2v) is 5.58. The Morgan fingerprint density at radius 3 is 2.72 bits per heavy atom. The van der Waals surface area contributed by atoms with Crippen molar-refractivity contribution < 1.29 is 6.48 Å². The Labute approximate surface area is 121 Å². The minimum Gasteiger partial charge on any atom is -0.392 e. The Morgan fingerprint density at radius 1 is 1.39 bits per heavy atom. The molecule has 0 aliphatic rings. The van der Waals surface area contributed by atoms with Crippen LogP contribution in [0, 0.1) is 5.92 Å². The van der Waals surface area contributed by atoms with Gasteiger partial charge in [0, 0.05) is 22.4 Å². The lowest BCUT2D eigenvalue weighted by Gasteiger charge is -2.19. The average Bonchev–Trinajstić information content (AvgIpc) is 2.40. The largest absolute Gasteiger partial charge is 0.392 e. The minimum absolute atomic E-state index is 0.243. The van der Waals surface area contributed by atoms with E-state index in [0.29, 0.717) is 18.1 Å². The van der Waals surface area contributed by atoms with Gasteiger partial charge in [-0.3, -0.25) is 0 Å². The highest BCUT2D eigenvalue weighted by Crippen LogP contribution is 2.24. The highest BCUT2D eigenvalue weighted by molar-refractivity contribution is 7.99. The second-order valence-electron chi connectivity index (χ2n) is 4.10. The fourth-order valence-electron chi connectivity index (χ4n) is 1.59. The van der Waals surface area contributed by atoms with E-state index in [0.717, 1.165) is 17.7 Å². The summed E-state index contributed by atoms with van der Waals surface area (Å²) in [6.45, 7) is 3.75. The lowest BCUT2D eigenvalue weighted by Crippen LogP contribution is -2.20. The maximum Gasteiger partial charge on any atom is 0.0610 e. The van der Waals surface area contributed by atoms with E-state index in [1.165, 1.54) is 0 Å². The quantitative estimate of drug-likeness (QED) is 0.315. The zero-order valence-electron chi connectivity index (χ0n) is 11.5. The maximum atomic E-state index is 10.2. The average molecular weight is 286 g/mol. The lowest BCUT2D eigenvalue weighted by molar-refractivity contribution is 0.127. The summed E-state index contributed by atoms with van der Waals surface area (Å²) in [6.07, 6.45) is 2.27. The first-order valence-corrected chi connectivity index (χ1v) is 7.71. The Morgan fingerprint density at radius 2 is 2.11 bits per heavy atom. The van der Waals surface area contributed by atoms with Gasteiger partial charge in [0.05, 0.1) is 7.45 Å². The van der Waals surface area contributed by atoms with Crippen LogP contribution in [-0.4, -0.2) is 22.8 Å². The summed E-state index contributed by atoms with van der Waals surface area (Å²) in [6, 6.07) is 10.0. The Hall–Kier alpha value is -0.440. The minimum atomic E-state index is -1.45. The van der Waals surface area contributed by atoms with Crippen LogP contribution in [0.2, 0.25) is 0 Å². The molecule has 0 aliphatic carbocycles. The van der Waals surface area contributed by atoms with Gasteiger partial charge in [-0.1, -0.05) is 24.3 Å². The Balaban J connectivity index is 2.49. The van der Waals surface area contributed by atoms with Crippen LogP contribution in [0.5, 0.6) is 0 Å². The fraction of sp³-hybridized carbons (Fsp3) is 0.467. The van der Waals surface area contributed by atoms with Crippen molar-refractivity contribution in [3.05, 3.63) is 43.0 Å². The molecule has 1 rings (SSSR count). The van der Waals surface area contributed by atoms with Gasteiger partial charge in [-0.15, -0.1) is 29.9 Å². The van der Waals surface area contributed by atoms with Gasteiger partial charge in [-0.05, 0) is 31.4 Å². The smallest absolute Gasteiger partial charge is 0.0610 e. The zero-order chi connectivity index (χ0) is 14.1. The molecule has 1 aromatic carbocycles. The van der Waals surface area contributed by atoms with Crippen molar-refractivity contribution in [2.24, 2.45) is 5.92 Å². The molecule has 1 nitrogen and oxygen atoms in total. The molecule has 0 unspecified atom stereocenters. The molecule has 1 N–H and O–H groups in total. The number of thioether (sulfide) groups is 1. The highest BCUT2D eigenvalue weighted by atomic mass is 35.5. The summed E-state index contributed by atoms with van der Waals surface area (Å²) in [5.41, 5.74) is 0. The van der Waals surface area contributed by atoms with Gasteiger partial charge >= 0.3 is 0 Å². The number of benzene rings is 1. The van der Waals surface area contributed by atoms with Crippen LogP contribution in [-0.2, 0) is 0 Å². The van der Waals surface area contributed by atoms with Crippen LogP contribution in [0.1, 0.15) is 20.6 Å². The van der Waals surface area contributed by atoms with E-state index in [9.17, 15) is 5.11 Å². The SMILES string of the molecule is [2H][C@](O)(CCCCCl)[C@@H](C=C)CSc1ccccc1. The van der Waals surface area contributed by atoms with Crippen LogP contribution >= 0.6 is 23.4 Å². The molecule has 2 atom stereocenters. The monoisotopic (exact) mass is 285 g/mol. The molecule has 3 heteroatoms. The molecule has 0 saturated heterocycles. The number of halogens is 1. The van der Waals surface area contributed by atoms with Crippen LogP contribution in [0.3, 0.4) is 0 Å². The first-order chi connectivity index (χ1) is 9.10. The van der Waals surface area contributed by atoms with Crippen LogP contribution in [0.15, 0.2) is 47.9 Å². The molecule has 0 heterocycles. The predicted molar refractivity (Wildman–Crippen MR) is 81.4 cm³/mol. The summed E-state index contributed by atoms with van der Waals surface area (Å²) in [5.74, 6) is 0.996. The van der Waals surface area contributed by atoms with Gasteiger partial charge in [0.2, 0.25) is 0 Å². The highest BCUT2D eigenvalue weighted by Gasteiger charge is 2.15. The van der Waals surface area contributed by atoms with Crippen LogP contribution < -0.4 is 0 Å². The summed E-state index contributed by atoms with van der Waals surface area (Å²) in [5, 5.41) is 10.2. The molecule has 0 fully saturated rings. The zero-order valence-corrected chi connectivity index (χ0v) is 12.1. The Bertz CT molecular complexity index is 370. The summed E-state index contributed by atoms with van der Waals surface area (Å²) < 4.78 is 8.06. The summed E-state index contributed by atoms with van der Waals surface area (Å²) in [7, 11) is 0. The number of aliphatic hydroxyl groups is 1. The second kappa shape index (κ2) is 9.48. The molecule has 0 bridgehead atoms. The number of hydrogen-bond donors (Lipinski definition) is 1. The van der Waals surface area contributed by atoms with Gasteiger partial charge in [0.15, 0.2) is 0 Å². The molecule has 0 saturated carbocycles. The molecule has 0 aliphatic heterocycles. The molecule has 0 spiro atoms. The molecule has 1 aromatic rings. The summed E-state index contributed by atoms with van der Waals surface area (Å²) >= 11 is 7.26. The molecule has 18 heavy (non-hydrogen) atoms. The van der Waals surface area contributed by atoms with E-state index in [1.54, 1.807) is 17.8 Å². The molecule has 0 amide bonds. The molecule has 0 radical (unpaired) electrons. The number of unbranched alkanes of at least 4 members (excludes halogenated alkanes) is 1. The van der Waals surface area contributed by atoms with Gasteiger partial charge < -0.3 is 5.11 Å². The maximum absolute atomic E-state index is 10.2. The van der Waals surface area contributed by atoms with Crippen molar-refractivity contribution in [2.75, 3.05) is 11.6 Å². The van der Waals surface area contributed by atoms with E-state index >= 15 is 0 Å². The standard InChI is InChI=1S/C15H21ClOS/c1-2-13(15(17)10-6-7-11-16)12-18-14-8-4-3-5-9-14/h2-5,8-9,13,15,17H,1,6-7,10-12H2/t13-,15-/m0/s1/i15D. The normalized spacial score (nSPS) is 16.7. The molecule has 100 valence electrons. The van der Waals surface area contributed by atoms with Gasteiger partial charge in [-0.25, -0.2) is 0 Å². The van der Waals surface area contributed by atoms with Crippen LogP contribution in [0.25, 0.3) is 0 Å². The molecule has 0 aromatic heterocycles. The van der Waals surface area contributed by atoms with Crippen molar-refractivity contribution in [1.82, 2.24) is 0 Å². The first kappa shape index (κ1) is 14.0. The predicted octanol–water partition coefficient (Wildman–Crippen LogP) is 4.35. The van der Waals surface area contributed by atoms with Gasteiger partial charge in [0.1, 0.15) is 0 Å².